The Balaban J connectivity index is 0.953. The molecule has 11 aliphatic heterocycles. The van der Waals surface area contributed by atoms with Gasteiger partial charge in [-0.2, -0.15) is 0 Å². The number of carbonyl (C=O) groups excluding carboxylic acids is 3. The minimum Gasteiger partial charge on any atom is -0.394 e. The molecule has 33 N–H and O–H groups in total. The molecule has 55 atom stereocenters. The van der Waals surface area contributed by atoms with Crippen LogP contribution in [0, 0.1) is 0 Å². The van der Waals surface area contributed by atoms with Crippen molar-refractivity contribution in [1.29, 1.82) is 0 Å². The number of aliphatic hydroxyl groups is 30. The smallest absolute Gasteiger partial charge is 0.217 e. The van der Waals surface area contributed by atoms with Gasteiger partial charge in [-0.25, -0.2) is 0 Å². The zero-order valence-corrected chi connectivity index (χ0v) is 69.3. The van der Waals surface area contributed by atoms with E-state index in [2.05, 4.69) is 16.0 Å². The molecule has 748 valence electrons. The maximum atomic E-state index is 13.6. The van der Waals surface area contributed by atoms with Crippen LogP contribution in [0.5, 0.6) is 0 Å². The summed E-state index contributed by atoms with van der Waals surface area (Å²) in [4.78, 5) is 39.4. The van der Waals surface area contributed by atoms with E-state index in [0.29, 0.717) is 0 Å². The largest absolute Gasteiger partial charge is 0.394 e. The fourth-order valence-electron chi connectivity index (χ4n) is 16.7. The van der Waals surface area contributed by atoms with E-state index in [1.807, 2.05) is 0 Å². The van der Waals surface area contributed by atoms with Gasteiger partial charge in [-0.05, 0) is 13.8 Å². The number of hydrogen-bond acceptors (Lipinski definition) is 54. The van der Waals surface area contributed by atoms with Crippen LogP contribution in [0.15, 0.2) is 0 Å². The molecule has 11 aliphatic rings. The minimum absolute atomic E-state index is 0.860. The molecule has 0 aliphatic carbocycles. The molecule has 11 saturated heterocycles. The van der Waals surface area contributed by atoms with Gasteiger partial charge in [-0.3, -0.25) is 14.4 Å². The normalized spacial score (nSPS) is 51.3. The summed E-state index contributed by atoms with van der Waals surface area (Å²) in [6.45, 7) is -4.80. The lowest BCUT2D eigenvalue weighted by Crippen LogP contribution is -2.71. The van der Waals surface area contributed by atoms with Crippen molar-refractivity contribution in [1.82, 2.24) is 16.0 Å². The van der Waals surface area contributed by atoms with Crippen molar-refractivity contribution >= 4 is 17.7 Å². The van der Waals surface area contributed by atoms with E-state index in [0.717, 1.165) is 20.8 Å². The third-order valence-corrected chi connectivity index (χ3v) is 24.1. The third kappa shape index (κ3) is 23.2. The van der Waals surface area contributed by atoms with Crippen LogP contribution in [0.3, 0.4) is 0 Å². The Kier molecular flexibility index (Phi) is 37.5. The minimum atomic E-state index is -2.69. The van der Waals surface area contributed by atoms with E-state index in [1.54, 1.807) is 0 Å². The molecule has 0 aromatic carbocycles. The molecular formula is C72H121N3O54. The van der Waals surface area contributed by atoms with Crippen molar-refractivity contribution in [3.63, 3.8) is 0 Å². The Morgan fingerprint density at radius 2 is 0.488 bits per heavy atom. The molecule has 57 heteroatoms. The van der Waals surface area contributed by atoms with Gasteiger partial charge in [-0.1, -0.05) is 0 Å². The average Bonchev–Trinajstić information content (AvgIpc) is 0.761. The highest BCUT2D eigenvalue weighted by atomic mass is 16.8. The van der Waals surface area contributed by atoms with Gasteiger partial charge in [0.25, 0.3) is 0 Å². The molecule has 11 fully saturated rings. The molecule has 0 bridgehead atoms. The number of aliphatic hydroxyl groups excluding tert-OH is 30. The van der Waals surface area contributed by atoms with Crippen molar-refractivity contribution in [2.24, 2.45) is 0 Å². The fraction of sp³-hybridized carbons (Fsp3) is 0.958. The fourth-order valence-corrected chi connectivity index (χ4v) is 16.7. The Labute approximate surface area is 730 Å². The highest BCUT2D eigenvalue weighted by Crippen LogP contribution is 2.42. The van der Waals surface area contributed by atoms with Crippen LogP contribution in [0.2, 0.25) is 0 Å². The first-order valence-corrected chi connectivity index (χ1v) is 41.4. The van der Waals surface area contributed by atoms with Crippen molar-refractivity contribution in [2.45, 2.75) is 372 Å². The van der Waals surface area contributed by atoms with Crippen molar-refractivity contribution in [2.75, 3.05) is 59.5 Å². The van der Waals surface area contributed by atoms with Gasteiger partial charge >= 0.3 is 0 Å². The van der Waals surface area contributed by atoms with Gasteiger partial charge in [0.2, 0.25) is 17.7 Å². The van der Waals surface area contributed by atoms with Crippen LogP contribution in [-0.2, 0) is 114 Å². The zero-order valence-electron chi connectivity index (χ0n) is 69.3. The van der Waals surface area contributed by atoms with Gasteiger partial charge in [0.15, 0.2) is 69.2 Å². The van der Waals surface area contributed by atoms with Crippen LogP contribution in [0.25, 0.3) is 0 Å². The second kappa shape index (κ2) is 45.8. The summed E-state index contributed by atoms with van der Waals surface area (Å²) in [5.41, 5.74) is 0. The topological polar surface area (TPSA) is 888 Å². The Bertz CT molecular complexity index is 3480. The van der Waals surface area contributed by atoms with E-state index in [4.69, 9.17) is 99.5 Å². The van der Waals surface area contributed by atoms with E-state index < -0.39 is 415 Å². The number of amides is 3. The number of nitrogens with one attached hydrogen (secondary N) is 3. The monoisotopic (exact) mass is 1890 g/mol. The predicted molar refractivity (Wildman–Crippen MR) is 394 cm³/mol. The van der Waals surface area contributed by atoms with Crippen LogP contribution < -0.4 is 16.0 Å². The quantitative estimate of drug-likeness (QED) is 0.0297. The maximum absolute atomic E-state index is 13.6. The molecule has 11 heterocycles. The van der Waals surface area contributed by atoms with E-state index >= 15 is 0 Å². The average molecular weight is 1890 g/mol. The first-order valence-electron chi connectivity index (χ1n) is 41.4. The van der Waals surface area contributed by atoms with Crippen molar-refractivity contribution < 1.29 is 267 Å². The zero-order chi connectivity index (χ0) is 94.8. The van der Waals surface area contributed by atoms with Gasteiger partial charge in [0.05, 0.1) is 71.7 Å². The molecule has 0 spiro atoms. The lowest BCUT2D eigenvalue weighted by molar-refractivity contribution is -0.403. The van der Waals surface area contributed by atoms with Crippen molar-refractivity contribution in [3.8, 4) is 0 Å². The number of hydrogen-bond donors (Lipinski definition) is 33. The summed E-state index contributed by atoms with van der Waals surface area (Å²) in [6, 6.07) is -5.94. The highest BCUT2D eigenvalue weighted by molar-refractivity contribution is 5.74. The summed E-state index contributed by atoms with van der Waals surface area (Å²) in [5.74, 6) is -2.93. The van der Waals surface area contributed by atoms with Crippen LogP contribution in [0.4, 0.5) is 0 Å². The number of rotatable bonds is 32. The molecule has 0 radical (unpaired) electrons. The predicted octanol–water partition coefficient (Wildman–Crippen LogP) is -22.5. The van der Waals surface area contributed by atoms with Gasteiger partial charge in [0.1, 0.15) is 256 Å². The Hall–Kier alpha value is -3.63. The molecule has 0 aromatic heterocycles. The van der Waals surface area contributed by atoms with Crippen molar-refractivity contribution in [3.05, 3.63) is 0 Å². The summed E-state index contributed by atoms with van der Waals surface area (Å²) < 4.78 is 125. The van der Waals surface area contributed by atoms with Gasteiger partial charge in [0, 0.05) is 20.8 Å². The van der Waals surface area contributed by atoms with E-state index in [-0.39, 0.29) is 0 Å². The van der Waals surface area contributed by atoms with Gasteiger partial charge in [-0.15, -0.1) is 0 Å². The standard InChI is InChI=1S/C72H121N3O54/c1-15-32(85)42(95)48(101)65(112-15)111-14-28-56(40(93)29(62(108)114-28)73-17(3)82)123-63-30(74-18(4)83)41(94)55(24(10-80)119-63)124-71-54(107)60(39(92)27(122-71)13-110-67-53(106)59(127-70-52(105)46(99)36(89)22(8-78)117-70)38(91)26(121-67)12-109-66-49(102)44(97)34(87)20(6-76)115-66)128-72-61(47(100)37(90)23(9-79)118-72)129-64-31(75-19(5)84)58(126-68-50(103)43(96)33(86)16(2)113-68)57(25(11-81)120-64)125-69-51(104)45(98)35(88)21(7-77)116-69/h15-16,20-72,76-81,85-108H,6-14H2,1-5H3,(H,73,82)(H,74,83)(H,75,84)/t15-,16-,20+,21+,22+,23+,24+,25+,26+,27+,28+,29+,30+,31+,32+,33+,34+,35-,36+,37+,38+,39+,40+,41+,42+,43+,44-,45-,46-,47-,48-,49-,50-,51+,52-,53-,54-,55+,56+,57+,58+,59-,60-,61-,62+,63-,64-,65+,66-,67-,68-,69-,70+,71-,72+/m0/s1. The molecule has 11 rings (SSSR count). The summed E-state index contributed by atoms with van der Waals surface area (Å²) in [6.07, 6.45) is -110. The summed E-state index contributed by atoms with van der Waals surface area (Å²) >= 11 is 0. The first kappa shape index (κ1) is 106. The Morgan fingerprint density at radius 1 is 0.217 bits per heavy atom. The molecule has 3 amide bonds. The van der Waals surface area contributed by atoms with E-state index in [9.17, 15) is 168 Å². The van der Waals surface area contributed by atoms with Crippen LogP contribution >= 0.6 is 0 Å². The highest BCUT2D eigenvalue weighted by Gasteiger charge is 2.62. The summed E-state index contributed by atoms with van der Waals surface area (Å²) in [5, 5.41) is 343. The molecule has 0 unspecified atom stereocenters. The lowest BCUT2D eigenvalue weighted by atomic mass is 9.93. The summed E-state index contributed by atoms with van der Waals surface area (Å²) in [7, 11) is 0. The van der Waals surface area contributed by atoms with E-state index in [1.165, 1.54) is 13.8 Å². The Morgan fingerprint density at radius 3 is 0.953 bits per heavy atom. The number of ether oxygens (including phenoxy) is 21. The lowest BCUT2D eigenvalue weighted by Gasteiger charge is -2.52. The molecule has 129 heavy (non-hydrogen) atoms. The molecule has 57 nitrogen and oxygen atoms in total. The maximum Gasteiger partial charge on any atom is 0.217 e. The SMILES string of the molecule is CC(=O)N[C@@H]1[C@@H](O)[C@H](O[C@@H]2O[C@H](CO)[C@@H](O[C@@H]3O[C@H](CO[C@H]4O[C@H](CO[C@H]5O[C@H](CO)[C@@H](O)[C@H](O)[C@@H]5O)[C@@H](O)[C@H](O[C@H]5O[C@H](CO)[C@@H](O)[C@H](O)[C@@H]5O)[C@@H]4O)[C@@H](O)[C@H](O[C@H]4O[C@H](CO)[C@@H](O)[C@H](O)[C@@H]4O[C@@H]4O[C@H](CO)[C@@H](O[C@@H]5O[C@H](CO)[C@H](O)[C@H](O)[C@H]5O)[C@H](O[C@@H]5O[C@@H](C)[C@@H](O)[C@@H](O)[C@@H]5O)[C@H]4NC(C)=O)[C@@H]3O)[C@H](O)[C@H]2NC(C)=O)[C@@H](CO[C@@H]2O[C@@H](C)[C@@H](O)[C@@H](O)[C@@H]2O)O[C@H]1O. The number of carbonyl (C=O) groups is 3. The second-order valence-electron chi connectivity index (χ2n) is 33.1. The second-order valence-corrected chi connectivity index (χ2v) is 33.1. The molecule has 0 aromatic rings. The van der Waals surface area contributed by atoms with Crippen LogP contribution in [0.1, 0.15) is 34.6 Å². The first-order chi connectivity index (χ1) is 60.9. The third-order valence-electron chi connectivity index (χ3n) is 24.1. The molecular weight excluding hydrogens is 1770 g/mol. The van der Waals surface area contributed by atoms with Crippen LogP contribution in [-0.4, -0.2) is 568 Å². The molecule has 0 saturated carbocycles. The van der Waals surface area contributed by atoms with Gasteiger partial charge < -0.3 is 269 Å².